The van der Waals surface area contributed by atoms with Gasteiger partial charge in [0.15, 0.2) is 0 Å². The SMILES string of the molecule is CC(C)CCOCCOCCOCCC(=O)NC1CCC(C(=O)C(C)C)CC1. The smallest absolute Gasteiger partial charge is 0.222 e. The van der Waals surface area contributed by atoms with Gasteiger partial charge in [0.05, 0.1) is 33.0 Å². The van der Waals surface area contributed by atoms with Crippen LogP contribution in [0, 0.1) is 17.8 Å². The summed E-state index contributed by atoms with van der Waals surface area (Å²) in [5.74, 6) is 1.34. The third-order valence-electron chi connectivity index (χ3n) is 5.12. The van der Waals surface area contributed by atoms with Crippen LogP contribution < -0.4 is 5.32 Å². The van der Waals surface area contributed by atoms with Crippen LogP contribution in [-0.4, -0.2) is 57.4 Å². The number of rotatable bonds is 15. The highest BCUT2D eigenvalue weighted by molar-refractivity contribution is 5.83. The predicted molar refractivity (Wildman–Crippen MR) is 110 cm³/mol. The zero-order valence-corrected chi connectivity index (χ0v) is 18.3. The van der Waals surface area contributed by atoms with Crippen molar-refractivity contribution in [3.05, 3.63) is 0 Å². The number of carbonyl (C=O) groups is 2. The Morgan fingerprint density at radius 2 is 1.36 bits per heavy atom. The molecule has 0 atom stereocenters. The van der Waals surface area contributed by atoms with Gasteiger partial charge in [-0.05, 0) is 38.0 Å². The second-order valence-electron chi connectivity index (χ2n) is 8.44. The van der Waals surface area contributed by atoms with Crippen molar-refractivity contribution in [1.82, 2.24) is 5.32 Å². The van der Waals surface area contributed by atoms with Crippen LogP contribution in [-0.2, 0) is 23.8 Å². The van der Waals surface area contributed by atoms with E-state index >= 15 is 0 Å². The molecular formula is C22H41NO5. The lowest BCUT2D eigenvalue weighted by Crippen LogP contribution is -2.39. The van der Waals surface area contributed by atoms with Crippen molar-refractivity contribution < 1.29 is 23.8 Å². The van der Waals surface area contributed by atoms with E-state index in [0.29, 0.717) is 51.2 Å². The average molecular weight is 400 g/mol. The third kappa shape index (κ3) is 11.8. The third-order valence-corrected chi connectivity index (χ3v) is 5.12. The molecule has 0 aromatic heterocycles. The van der Waals surface area contributed by atoms with Crippen LogP contribution in [0.5, 0.6) is 0 Å². The average Bonchev–Trinajstić information content (AvgIpc) is 2.65. The quantitative estimate of drug-likeness (QED) is 0.427. The van der Waals surface area contributed by atoms with Crippen LogP contribution in [0.1, 0.15) is 66.2 Å². The molecule has 164 valence electrons. The van der Waals surface area contributed by atoms with E-state index in [9.17, 15) is 9.59 Å². The Bertz CT molecular complexity index is 431. The lowest BCUT2D eigenvalue weighted by atomic mass is 9.80. The molecule has 0 saturated heterocycles. The highest BCUT2D eigenvalue weighted by atomic mass is 16.5. The molecule has 0 spiro atoms. The summed E-state index contributed by atoms with van der Waals surface area (Å²) in [6.45, 7) is 11.7. The van der Waals surface area contributed by atoms with E-state index in [4.69, 9.17) is 14.2 Å². The molecule has 0 aromatic carbocycles. The molecule has 0 bridgehead atoms. The molecule has 1 amide bonds. The molecule has 0 unspecified atom stereocenters. The molecule has 28 heavy (non-hydrogen) atoms. The summed E-state index contributed by atoms with van der Waals surface area (Å²) in [4.78, 5) is 24.1. The first kappa shape index (κ1) is 25.1. The van der Waals surface area contributed by atoms with Crippen LogP contribution in [0.3, 0.4) is 0 Å². The Balaban J connectivity index is 1.93. The predicted octanol–water partition coefficient (Wildman–Crippen LogP) is 3.37. The largest absolute Gasteiger partial charge is 0.379 e. The highest BCUT2D eigenvalue weighted by Gasteiger charge is 2.28. The number of amides is 1. The molecule has 0 heterocycles. The number of Topliss-reactive ketones (excluding diaryl/α,β-unsaturated/α-hetero) is 1. The lowest BCUT2D eigenvalue weighted by molar-refractivity contribution is -0.127. The van der Waals surface area contributed by atoms with Crippen LogP contribution in [0.4, 0.5) is 0 Å². The Morgan fingerprint density at radius 3 is 1.89 bits per heavy atom. The summed E-state index contributed by atoms with van der Waals surface area (Å²) < 4.78 is 16.4. The number of hydrogen-bond acceptors (Lipinski definition) is 5. The minimum atomic E-state index is 0.0260. The fourth-order valence-electron chi connectivity index (χ4n) is 3.32. The fraction of sp³-hybridized carbons (Fsp3) is 0.909. The fourth-order valence-corrected chi connectivity index (χ4v) is 3.32. The van der Waals surface area contributed by atoms with E-state index in [1.807, 2.05) is 13.8 Å². The Hall–Kier alpha value is -0.980. The molecule has 1 saturated carbocycles. The Labute approximate surface area is 171 Å². The van der Waals surface area contributed by atoms with Gasteiger partial charge in [0.25, 0.3) is 0 Å². The zero-order valence-electron chi connectivity index (χ0n) is 18.3. The van der Waals surface area contributed by atoms with E-state index in [0.717, 1.165) is 38.7 Å². The first-order chi connectivity index (χ1) is 13.4. The van der Waals surface area contributed by atoms with E-state index in [1.54, 1.807) is 0 Å². The van der Waals surface area contributed by atoms with Crippen molar-refractivity contribution in [3.63, 3.8) is 0 Å². The lowest BCUT2D eigenvalue weighted by Gasteiger charge is -2.29. The first-order valence-electron chi connectivity index (χ1n) is 11.0. The van der Waals surface area contributed by atoms with Gasteiger partial charge >= 0.3 is 0 Å². The number of nitrogens with one attached hydrogen (secondary N) is 1. The van der Waals surface area contributed by atoms with E-state index in [2.05, 4.69) is 19.2 Å². The van der Waals surface area contributed by atoms with Crippen LogP contribution in [0.15, 0.2) is 0 Å². The van der Waals surface area contributed by atoms with Crippen LogP contribution in [0.2, 0.25) is 0 Å². The van der Waals surface area contributed by atoms with Gasteiger partial charge in [-0.15, -0.1) is 0 Å². The number of ether oxygens (including phenoxy) is 3. The summed E-state index contributed by atoms with van der Waals surface area (Å²) >= 11 is 0. The molecule has 6 heteroatoms. The van der Waals surface area contributed by atoms with E-state index < -0.39 is 0 Å². The first-order valence-corrected chi connectivity index (χ1v) is 11.0. The van der Waals surface area contributed by atoms with Crippen molar-refractivity contribution >= 4 is 11.7 Å². The van der Waals surface area contributed by atoms with Gasteiger partial charge in [0.1, 0.15) is 5.78 Å². The van der Waals surface area contributed by atoms with Crippen molar-refractivity contribution in [2.75, 3.05) is 39.6 Å². The van der Waals surface area contributed by atoms with Gasteiger partial charge in [0, 0.05) is 30.9 Å². The standard InChI is InChI=1S/C22H41NO5/c1-17(2)9-11-26-13-15-28-16-14-27-12-10-21(24)23-20-7-5-19(6-8-20)22(25)18(3)4/h17-20H,5-16H2,1-4H3,(H,23,24). The van der Waals surface area contributed by atoms with Crippen LogP contribution >= 0.6 is 0 Å². The van der Waals surface area contributed by atoms with Gasteiger partial charge < -0.3 is 19.5 Å². The summed E-state index contributed by atoms with van der Waals surface area (Å²) in [6.07, 6.45) is 4.99. The maximum atomic E-state index is 12.0. The molecule has 1 rings (SSSR count). The van der Waals surface area contributed by atoms with Gasteiger partial charge in [-0.1, -0.05) is 27.7 Å². The molecule has 0 aromatic rings. The normalized spacial score (nSPS) is 19.9. The maximum absolute atomic E-state index is 12.0. The number of carbonyl (C=O) groups excluding carboxylic acids is 2. The number of ketones is 1. The number of hydrogen-bond donors (Lipinski definition) is 1. The molecular weight excluding hydrogens is 358 g/mol. The van der Waals surface area contributed by atoms with Crippen molar-refractivity contribution in [2.24, 2.45) is 17.8 Å². The molecule has 1 aliphatic carbocycles. The van der Waals surface area contributed by atoms with Gasteiger partial charge in [0.2, 0.25) is 5.91 Å². The molecule has 1 fully saturated rings. The molecule has 0 aliphatic heterocycles. The molecule has 1 N–H and O–H groups in total. The summed E-state index contributed by atoms with van der Waals surface area (Å²) in [5.41, 5.74) is 0. The molecule has 6 nitrogen and oxygen atoms in total. The van der Waals surface area contributed by atoms with E-state index in [-0.39, 0.29) is 23.8 Å². The van der Waals surface area contributed by atoms with Gasteiger partial charge in [-0.2, -0.15) is 0 Å². The van der Waals surface area contributed by atoms with Gasteiger partial charge in [-0.25, -0.2) is 0 Å². The van der Waals surface area contributed by atoms with Gasteiger partial charge in [-0.3, -0.25) is 9.59 Å². The van der Waals surface area contributed by atoms with Crippen molar-refractivity contribution in [1.29, 1.82) is 0 Å². The Morgan fingerprint density at radius 1 is 0.821 bits per heavy atom. The monoisotopic (exact) mass is 399 g/mol. The van der Waals surface area contributed by atoms with Crippen molar-refractivity contribution in [2.45, 2.75) is 72.3 Å². The van der Waals surface area contributed by atoms with E-state index in [1.165, 1.54) is 0 Å². The minimum Gasteiger partial charge on any atom is -0.379 e. The minimum absolute atomic E-state index is 0.0260. The maximum Gasteiger partial charge on any atom is 0.222 e. The highest BCUT2D eigenvalue weighted by Crippen LogP contribution is 2.27. The zero-order chi connectivity index (χ0) is 20.8. The summed E-state index contributed by atoms with van der Waals surface area (Å²) in [6, 6.07) is 0.197. The molecule has 0 radical (unpaired) electrons. The molecule has 1 aliphatic rings. The second-order valence-corrected chi connectivity index (χ2v) is 8.44. The Kier molecular flexibility index (Phi) is 13.4. The topological polar surface area (TPSA) is 73.9 Å². The summed E-state index contributed by atoms with van der Waals surface area (Å²) in [7, 11) is 0. The summed E-state index contributed by atoms with van der Waals surface area (Å²) in [5, 5.41) is 3.07. The van der Waals surface area contributed by atoms with Crippen molar-refractivity contribution in [3.8, 4) is 0 Å². The van der Waals surface area contributed by atoms with Crippen LogP contribution in [0.25, 0.3) is 0 Å². The second kappa shape index (κ2) is 14.9.